The Bertz CT molecular complexity index is 245. The molecule has 1 rings (SSSR count). The van der Waals surface area contributed by atoms with Gasteiger partial charge >= 0.3 is 0 Å². The molecule has 0 atom stereocenters. The monoisotopic (exact) mass is 312 g/mol. The van der Waals surface area contributed by atoms with Crippen molar-refractivity contribution in [1.82, 2.24) is 0 Å². The predicted molar refractivity (Wildman–Crippen MR) is 58.4 cm³/mol. The van der Waals surface area contributed by atoms with Crippen molar-refractivity contribution >= 4 is 43.5 Å². The molecule has 0 aliphatic carbocycles. The number of rotatable bonds is 3. The highest BCUT2D eigenvalue weighted by Crippen LogP contribution is 2.24. The van der Waals surface area contributed by atoms with Gasteiger partial charge in [0.1, 0.15) is 5.75 Å². The minimum atomic E-state index is 0.646. The number of hydrogen-bond acceptors (Lipinski definition) is 1. The fourth-order valence-electron chi connectivity index (χ4n) is 0.768. The number of benzene rings is 1. The zero-order valence-corrected chi connectivity index (χ0v) is 10.1. The van der Waals surface area contributed by atoms with Gasteiger partial charge in [-0.15, -0.1) is 0 Å². The third kappa shape index (κ3) is 3.33. The molecule has 1 aromatic carbocycles. The Kier molecular flexibility index (Phi) is 4.40. The molecule has 0 fully saturated rings. The number of alkyl halides is 1. The molecule has 0 spiro atoms. The molecule has 0 aliphatic rings. The lowest BCUT2D eigenvalue weighted by molar-refractivity contribution is 0.345. The van der Waals surface area contributed by atoms with E-state index in [1.54, 1.807) is 6.07 Å². The Morgan fingerprint density at radius 2 is 2.08 bits per heavy atom. The van der Waals surface area contributed by atoms with Gasteiger partial charge in [0.2, 0.25) is 0 Å². The first-order valence-electron chi connectivity index (χ1n) is 3.37. The van der Waals surface area contributed by atoms with E-state index in [0.717, 1.165) is 15.6 Å². The Morgan fingerprint density at radius 3 is 2.67 bits per heavy atom. The topological polar surface area (TPSA) is 9.23 Å². The molecular formula is C8H7Br2ClO. The second-order valence-corrected chi connectivity index (χ2v) is 4.29. The van der Waals surface area contributed by atoms with Gasteiger partial charge in [-0.2, -0.15) is 0 Å². The first kappa shape index (κ1) is 10.4. The lowest BCUT2D eigenvalue weighted by atomic mass is 10.3. The van der Waals surface area contributed by atoms with Crippen molar-refractivity contribution in [2.24, 2.45) is 0 Å². The summed E-state index contributed by atoms with van der Waals surface area (Å²) in [7, 11) is 0. The van der Waals surface area contributed by atoms with E-state index in [1.807, 2.05) is 12.1 Å². The van der Waals surface area contributed by atoms with Crippen LogP contribution in [-0.4, -0.2) is 11.9 Å². The highest BCUT2D eigenvalue weighted by molar-refractivity contribution is 9.10. The summed E-state index contributed by atoms with van der Waals surface area (Å²) in [5.74, 6) is 0.786. The van der Waals surface area contributed by atoms with Crippen LogP contribution in [0, 0.1) is 0 Å². The van der Waals surface area contributed by atoms with Gasteiger partial charge in [0.05, 0.1) is 6.61 Å². The molecule has 0 amide bonds. The van der Waals surface area contributed by atoms with Gasteiger partial charge in [-0.25, -0.2) is 0 Å². The summed E-state index contributed by atoms with van der Waals surface area (Å²) < 4.78 is 6.29. The largest absolute Gasteiger partial charge is 0.493 e. The number of halogens is 3. The van der Waals surface area contributed by atoms with Gasteiger partial charge in [-0.05, 0) is 18.2 Å². The summed E-state index contributed by atoms with van der Waals surface area (Å²) in [6, 6.07) is 5.49. The summed E-state index contributed by atoms with van der Waals surface area (Å²) in [5.41, 5.74) is 0. The van der Waals surface area contributed by atoms with Gasteiger partial charge in [0.25, 0.3) is 0 Å². The van der Waals surface area contributed by atoms with Crippen LogP contribution >= 0.6 is 43.5 Å². The summed E-state index contributed by atoms with van der Waals surface area (Å²) >= 11 is 12.4. The van der Waals surface area contributed by atoms with Crippen LogP contribution in [0.15, 0.2) is 22.7 Å². The molecule has 1 nitrogen and oxygen atoms in total. The van der Waals surface area contributed by atoms with E-state index in [0.29, 0.717) is 11.6 Å². The molecular weight excluding hydrogens is 307 g/mol. The molecule has 1 aromatic rings. The van der Waals surface area contributed by atoms with Crippen molar-refractivity contribution in [2.45, 2.75) is 0 Å². The molecule has 0 aliphatic heterocycles. The molecule has 66 valence electrons. The Hall–Kier alpha value is 0.270. The minimum Gasteiger partial charge on any atom is -0.493 e. The molecule has 0 N–H and O–H groups in total. The zero-order valence-electron chi connectivity index (χ0n) is 6.19. The third-order valence-corrected chi connectivity index (χ3v) is 2.18. The summed E-state index contributed by atoms with van der Waals surface area (Å²) in [6.45, 7) is 0.646. The van der Waals surface area contributed by atoms with Crippen molar-refractivity contribution in [3.8, 4) is 5.75 Å². The van der Waals surface area contributed by atoms with Crippen LogP contribution in [0.5, 0.6) is 5.75 Å². The summed E-state index contributed by atoms with van der Waals surface area (Å²) in [4.78, 5) is 0. The average molecular weight is 314 g/mol. The van der Waals surface area contributed by atoms with Gasteiger partial charge in [-0.1, -0.05) is 43.5 Å². The van der Waals surface area contributed by atoms with Crippen molar-refractivity contribution in [3.63, 3.8) is 0 Å². The number of ether oxygens (including phenoxy) is 1. The maximum Gasteiger partial charge on any atom is 0.121 e. The van der Waals surface area contributed by atoms with E-state index in [9.17, 15) is 0 Å². The smallest absolute Gasteiger partial charge is 0.121 e. The molecule has 0 saturated carbocycles. The maximum atomic E-state index is 5.81. The lowest BCUT2D eigenvalue weighted by Crippen LogP contribution is -1.97. The van der Waals surface area contributed by atoms with Crippen LogP contribution in [0.3, 0.4) is 0 Å². The zero-order chi connectivity index (χ0) is 8.97. The summed E-state index contributed by atoms with van der Waals surface area (Å²) in [6.07, 6.45) is 0. The van der Waals surface area contributed by atoms with Gasteiger partial charge in [0, 0.05) is 14.8 Å². The maximum absolute atomic E-state index is 5.81. The van der Waals surface area contributed by atoms with Crippen LogP contribution in [-0.2, 0) is 0 Å². The third-order valence-electron chi connectivity index (χ3n) is 1.18. The van der Waals surface area contributed by atoms with Crippen LogP contribution in [0.2, 0.25) is 5.02 Å². The second kappa shape index (κ2) is 5.10. The van der Waals surface area contributed by atoms with Crippen molar-refractivity contribution in [1.29, 1.82) is 0 Å². The standard InChI is InChI=1S/C8H7Br2ClO/c9-1-2-12-8-4-6(10)3-7(11)5-8/h3-5H,1-2H2. The van der Waals surface area contributed by atoms with E-state index in [-0.39, 0.29) is 0 Å². The molecule has 0 bridgehead atoms. The second-order valence-electron chi connectivity index (χ2n) is 2.14. The molecule has 0 unspecified atom stereocenters. The first-order chi connectivity index (χ1) is 5.72. The first-order valence-corrected chi connectivity index (χ1v) is 5.66. The Balaban J connectivity index is 2.72. The van der Waals surface area contributed by atoms with E-state index in [2.05, 4.69) is 31.9 Å². The Morgan fingerprint density at radius 1 is 1.33 bits per heavy atom. The minimum absolute atomic E-state index is 0.646. The molecule has 0 aromatic heterocycles. The van der Waals surface area contributed by atoms with E-state index in [1.165, 1.54) is 0 Å². The van der Waals surface area contributed by atoms with Gasteiger partial charge in [0.15, 0.2) is 0 Å². The van der Waals surface area contributed by atoms with Gasteiger partial charge < -0.3 is 4.74 Å². The van der Waals surface area contributed by atoms with E-state index >= 15 is 0 Å². The molecule has 0 heterocycles. The molecule has 4 heteroatoms. The highest BCUT2D eigenvalue weighted by Gasteiger charge is 1.97. The fourth-order valence-corrected chi connectivity index (χ4v) is 1.76. The molecule has 0 radical (unpaired) electrons. The normalized spacial score (nSPS) is 9.92. The number of hydrogen-bond donors (Lipinski definition) is 0. The van der Waals surface area contributed by atoms with Crippen LogP contribution in [0.1, 0.15) is 0 Å². The van der Waals surface area contributed by atoms with E-state index in [4.69, 9.17) is 16.3 Å². The van der Waals surface area contributed by atoms with Crippen LogP contribution in [0.4, 0.5) is 0 Å². The lowest BCUT2D eigenvalue weighted by Gasteiger charge is -2.04. The molecule has 0 saturated heterocycles. The van der Waals surface area contributed by atoms with Crippen LogP contribution < -0.4 is 4.74 Å². The van der Waals surface area contributed by atoms with Crippen molar-refractivity contribution < 1.29 is 4.74 Å². The summed E-state index contributed by atoms with van der Waals surface area (Å²) in [5, 5.41) is 1.49. The van der Waals surface area contributed by atoms with Gasteiger partial charge in [-0.3, -0.25) is 0 Å². The van der Waals surface area contributed by atoms with Crippen molar-refractivity contribution in [2.75, 3.05) is 11.9 Å². The Labute approximate surface area is 93.3 Å². The van der Waals surface area contributed by atoms with Crippen molar-refractivity contribution in [3.05, 3.63) is 27.7 Å². The quantitative estimate of drug-likeness (QED) is 0.770. The SMILES string of the molecule is Clc1cc(Br)cc(OCCBr)c1. The highest BCUT2D eigenvalue weighted by atomic mass is 79.9. The van der Waals surface area contributed by atoms with E-state index < -0.39 is 0 Å². The predicted octanol–water partition coefficient (Wildman–Crippen LogP) is 3.88. The molecule has 12 heavy (non-hydrogen) atoms. The van der Waals surface area contributed by atoms with Crippen LogP contribution in [0.25, 0.3) is 0 Å². The average Bonchev–Trinajstić information content (AvgIpc) is 1.99. The fraction of sp³-hybridized carbons (Fsp3) is 0.250.